The van der Waals surface area contributed by atoms with Crippen molar-refractivity contribution in [2.75, 3.05) is 6.54 Å². The number of aliphatic imine (C=N–C) groups is 1. The van der Waals surface area contributed by atoms with Crippen molar-refractivity contribution in [3.05, 3.63) is 53.7 Å². The Morgan fingerprint density at radius 1 is 1.27 bits per heavy atom. The van der Waals surface area contributed by atoms with E-state index in [-0.39, 0.29) is 5.41 Å². The van der Waals surface area contributed by atoms with Gasteiger partial charge in [0.1, 0.15) is 12.3 Å². The van der Waals surface area contributed by atoms with Crippen LogP contribution < -0.4 is 11.1 Å². The maximum Gasteiger partial charge on any atom is 0.216 e. The molecule has 118 valence electrons. The molecule has 5 heteroatoms. The van der Waals surface area contributed by atoms with Gasteiger partial charge >= 0.3 is 0 Å². The van der Waals surface area contributed by atoms with Gasteiger partial charge in [-0.15, -0.1) is 0 Å². The van der Waals surface area contributed by atoms with Crippen LogP contribution in [-0.2, 0) is 18.4 Å². The molecule has 3 N–H and O–H groups in total. The Morgan fingerprint density at radius 2 is 2.00 bits per heavy atom. The first kappa shape index (κ1) is 16.1. The van der Waals surface area contributed by atoms with Crippen molar-refractivity contribution in [1.82, 2.24) is 10.3 Å². The molecule has 1 aromatic heterocycles. The van der Waals surface area contributed by atoms with E-state index in [4.69, 9.17) is 10.2 Å². The molecule has 0 atom stereocenters. The summed E-state index contributed by atoms with van der Waals surface area (Å²) in [5.74, 6) is 1.84. The lowest BCUT2D eigenvalue weighted by Gasteiger charge is -2.12. The number of rotatable bonds is 5. The second-order valence-electron chi connectivity index (χ2n) is 6.23. The average molecular weight is 300 g/mol. The molecule has 1 aromatic carbocycles. The number of guanidine groups is 1. The first-order chi connectivity index (χ1) is 10.4. The van der Waals surface area contributed by atoms with E-state index in [9.17, 15) is 0 Å². The third-order valence-electron chi connectivity index (χ3n) is 3.24. The van der Waals surface area contributed by atoms with Gasteiger partial charge in [-0.2, -0.15) is 0 Å². The van der Waals surface area contributed by atoms with Crippen molar-refractivity contribution >= 4 is 5.96 Å². The first-order valence-electron chi connectivity index (χ1n) is 7.48. The van der Waals surface area contributed by atoms with Crippen molar-refractivity contribution in [2.45, 2.75) is 39.2 Å². The molecule has 2 aromatic rings. The third kappa shape index (κ3) is 4.91. The summed E-state index contributed by atoms with van der Waals surface area (Å²) < 4.78 is 5.67. The summed E-state index contributed by atoms with van der Waals surface area (Å²) in [7, 11) is 0. The lowest BCUT2D eigenvalue weighted by Crippen LogP contribution is -2.33. The fraction of sp³-hybridized carbons (Fsp3) is 0.412. The number of hydrogen-bond acceptors (Lipinski definition) is 3. The number of benzene rings is 1. The number of nitrogens with zero attached hydrogens (tertiary/aromatic N) is 2. The largest absolute Gasteiger partial charge is 0.443 e. The van der Waals surface area contributed by atoms with Gasteiger partial charge in [-0.05, 0) is 12.0 Å². The standard InChI is InChI=1S/C17H24N4O/c1-17(2,3)14-11-20-15(22-14)12-21-16(18)19-10-9-13-7-5-4-6-8-13/h4-8,11H,9-10,12H2,1-3H3,(H3,18,19,21). The summed E-state index contributed by atoms with van der Waals surface area (Å²) in [6.45, 7) is 7.35. The van der Waals surface area contributed by atoms with Crippen molar-refractivity contribution in [1.29, 1.82) is 0 Å². The zero-order chi connectivity index (χ0) is 16.0. The third-order valence-corrected chi connectivity index (χ3v) is 3.24. The van der Waals surface area contributed by atoms with Crippen LogP contribution in [0.4, 0.5) is 0 Å². The van der Waals surface area contributed by atoms with Crippen LogP contribution in [0.5, 0.6) is 0 Å². The molecule has 0 aliphatic carbocycles. The van der Waals surface area contributed by atoms with E-state index in [1.54, 1.807) is 6.20 Å². The molecule has 0 aliphatic heterocycles. The Hall–Kier alpha value is -2.30. The van der Waals surface area contributed by atoms with Gasteiger partial charge in [0, 0.05) is 12.0 Å². The minimum absolute atomic E-state index is 0.0472. The number of nitrogens with two attached hydrogens (primary N) is 1. The van der Waals surface area contributed by atoms with Crippen LogP contribution >= 0.6 is 0 Å². The van der Waals surface area contributed by atoms with Crippen LogP contribution in [0.15, 0.2) is 45.9 Å². The van der Waals surface area contributed by atoms with E-state index in [0.29, 0.717) is 18.4 Å². The Kier molecular flexibility index (Phi) is 5.20. The maximum absolute atomic E-state index is 5.85. The van der Waals surface area contributed by atoms with Crippen LogP contribution in [0, 0.1) is 0 Å². The van der Waals surface area contributed by atoms with Crippen LogP contribution in [0.2, 0.25) is 0 Å². The van der Waals surface area contributed by atoms with Crippen LogP contribution in [-0.4, -0.2) is 17.5 Å². The van der Waals surface area contributed by atoms with Gasteiger partial charge in [0.2, 0.25) is 5.89 Å². The maximum atomic E-state index is 5.85. The smallest absolute Gasteiger partial charge is 0.216 e. The molecule has 0 saturated carbocycles. The van der Waals surface area contributed by atoms with Gasteiger partial charge in [0.15, 0.2) is 5.96 Å². The highest BCUT2D eigenvalue weighted by Gasteiger charge is 2.18. The van der Waals surface area contributed by atoms with Gasteiger partial charge in [0.25, 0.3) is 0 Å². The molecule has 2 rings (SSSR count). The lowest BCUT2D eigenvalue weighted by molar-refractivity contribution is 0.383. The quantitative estimate of drug-likeness (QED) is 0.657. The van der Waals surface area contributed by atoms with E-state index >= 15 is 0 Å². The van der Waals surface area contributed by atoms with Crippen molar-refractivity contribution < 1.29 is 4.42 Å². The highest BCUT2D eigenvalue weighted by Crippen LogP contribution is 2.22. The number of hydrogen-bond donors (Lipinski definition) is 2. The molecule has 1 heterocycles. The Labute approximate surface area is 131 Å². The highest BCUT2D eigenvalue weighted by atomic mass is 16.4. The van der Waals surface area contributed by atoms with Crippen LogP contribution in [0.25, 0.3) is 0 Å². The predicted octanol–water partition coefficient (Wildman–Crippen LogP) is 2.62. The van der Waals surface area contributed by atoms with Crippen LogP contribution in [0.3, 0.4) is 0 Å². The summed E-state index contributed by atoms with van der Waals surface area (Å²) in [6.07, 6.45) is 2.66. The lowest BCUT2D eigenvalue weighted by atomic mass is 9.94. The fourth-order valence-electron chi connectivity index (χ4n) is 1.92. The van der Waals surface area contributed by atoms with E-state index in [1.807, 2.05) is 18.2 Å². The molecule has 0 bridgehead atoms. The SMILES string of the molecule is CC(C)(C)c1cnc(CN=C(N)NCCc2ccccc2)o1. The molecule has 5 nitrogen and oxygen atoms in total. The molecule has 0 unspecified atom stereocenters. The van der Waals surface area contributed by atoms with Crippen molar-refractivity contribution in [3.8, 4) is 0 Å². The zero-order valence-corrected chi connectivity index (χ0v) is 13.5. The van der Waals surface area contributed by atoms with E-state index in [1.165, 1.54) is 5.56 Å². The Bertz CT molecular complexity index is 611. The monoisotopic (exact) mass is 300 g/mol. The van der Waals surface area contributed by atoms with Crippen LogP contribution in [0.1, 0.15) is 38.0 Å². The molecule has 0 saturated heterocycles. The average Bonchev–Trinajstić information content (AvgIpc) is 2.95. The van der Waals surface area contributed by atoms with Gasteiger partial charge in [0.05, 0.1) is 6.20 Å². The zero-order valence-electron chi connectivity index (χ0n) is 13.5. The first-order valence-corrected chi connectivity index (χ1v) is 7.48. The Morgan fingerprint density at radius 3 is 2.64 bits per heavy atom. The summed E-state index contributed by atoms with van der Waals surface area (Å²) >= 11 is 0. The molecule has 0 fully saturated rings. The normalized spacial score (nSPS) is 12.4. The summed E-state index contributed by atoms with van der Waals surface area (Å²) in [5, 5.41) is 3.10. The van der Waals surface area contributed by atoms with Gasteiger partial charge < -0.3 is 15.5 Å². The summed E-state index contributed by atoms with van der Waals surface area (Å²) in [4.78, 5) is 8.47. The topological polar surface area (TPSA) is 76.4 Å². The molecule has 22 heavy (non-hydrogen) atoms. The second-order valence-corrected chi connectivity index (χ2v) is 6.23. The molecule has 0 spiro atoms. The molecular formula is C17H24N4O. The Balaban J connectivity index is 1.79. The number of nitrogens with one attached hydrogen (secondary N) is 1. The van der Waals surface area contributed by atoms with E-state index < -0.39 is 0 Å². The van der Waals surface area contributed by atoms with Gasteiger partial charge in [-0.25, -0.2) is 9.98 Å². The molecular weight excluding hydrogens is 276 g/mol. The molecule has 0 aliphatic rings. The fourth-order valence-corrected chi connectivity index (χ4v) is 1.92. The predicted molar refractivity (Wildman–Crippen MR) is 88.7 cm³/mol. The highest BCUT2D eigenvalue weighted by molar-refractivity contribution is 5.77. The molecule has 0 radical (unpaired) electrons. The van der Waals surface area contributed by atoms with E-state index in [0.717, 1.165) is 18.7 Å². The second kappa shape index (κ2) is 7.11. The van der Waals surface area contributed by atoms with Crippen molar-refractivity contribution in [3.63, 3.8) is 0 Å². The molecule has 0 amide bonds. The summed E-state index contributed by atoms with van der Waals surface area (Å²) in [5.41, 5.74) is 7.07. The minimum Gasteiger partial charge on any atom is -0.443 e. The van der Waals surface area contributed by atoms with Gasteiger partial charge in [-0.1, -0.05) is 51.1 Å². The number of oxazole rings is 1. The van der Waals surface area contributed by atoms with Crippen molar-refractivity contribution in [2.24, 2.45) is 10.7 Å². The number of aromatic nitrogens is 1. The summed E-state index contributed by atoms with van der Waals surface area (Å²) in [6, 6.07) is 10.3. The van der Waals surface area contributed by atoms with Gasteiger partial charge in [-0.3, -0.25) is 0 Å². The van der Waals surface area contributed by atoms with E-state index in [2.05, 4.69) is 48.2 Å². The minimum atomic E-state index is -0.0472.